The number of aromatic nitrogens is 4. The second-order valence-corrected chi connectivity index (χ2v) is 9.68. The number of carbonyl (C=O) groups is 2. The number of hydrogen-bond donors (Lipinski definition) is 2. The summed E-state index contributed by atoms with van der Waals surface area (Å²) in [4.78, 5) is 29.3. The molecule has 0 unspecified atom stereocenters. The molecular weight excluding hydrogens is 521 g/mol. The Kier molecular flexibility index (Phi) is 9.15. The molecule has 1 saturated heterocycles. The van der Waals surface area contributed by atoms with Gasteiger partial charge < -0.3 is 29.7 Å². The monoisotopic (exact) mass is 555 g/mol. The number of ether oxygens (including phenoxy) is 2. The Morgan fingerprint density at radius 2 is 2.02 bits per heavy atom. The second-order valence-electron chi connectivity index (χ2n) is 9.68. The van der Waals surface area contributed by atoms with Crippen LogP contribution in [-0.2, 0) is 11.3 Å². The van der Waals surface area contributed by atoms with Gasteiger partial charge in [0.05, 0.1) is 32.0 Å². The van der Waals surface area contributed by atoms with Gasteiger partial charge >= 0.3 is 12.1 Å². The van der Waals surface area contributed by atoms with Crippen molar-refractivity contribution in [1.29, 1.82) is 0 Å². The number of hydrogen-bond acceptors (Lipinski definition) is 8. The first-order chi connectivity index (χ1) is 19.2. The zero-order chi connectivity index (χ0) is 28.8. The molecule has 13 heteroatoms. The fourth-order valence-electron chi connectivity index (χ4n) is 4.96. The lowest BCUT2D eigenvalue weighted by Gasteiger charge is -2.41. The van der Waals surface area contributed by atoms with E-state index in [1.54, 1.807) is 54.6 Å². The third kappa shape index (κ3) is 6.47. The maximum absolute atomic E-state index is 13.9. The van der Waals surface area contributed by atoms with Crippen LogP contribution in [0.25, 0.3) is 5.69 Å². The largest absolute Gasteiger partial charge is 0.496 e. The Balaban J connectivity index is 1.57. The van der Waals surface area contributed by atoms with Gasteiger partial charge in [0.2, 0.25) is 0 Å². The molecule has 1 aromatic heterocycles. The Labute approximate surface area is 231 Å². The van der Waals surface area contributed by atoms with Gasteiger partial charge in [0.25, 0.3) is 0 Å². The van der Waals surface area contributed by atoms with Crippen molar-refractivity contribution in [3.05, 3.63) is 64.7 Å². The molecule has 40 heavy (non-hydrogen) atoms. The minimum absolute atomic E-state index is 0.0825. The number of aliphatic hydroxyl groups is 1. The number of piperidine rings is 1. The molecule has 1 aliphatic rings. The maximum Gasteiger partial charge on any atom is 0.407 e. The molecule has 3 amide bonds. The van der Waals surface area contributed by atoms with Crippen LogP contribution in [0.1, 0.15) is 41.4 Å². The fourth-order valence-corrected chi connectivity index (χ4v) is 4.96. The molecule has 2 N–H and O–H groups in total. The van der Waals surface area contributed by atoms with Gasteiger partial charge in [-0.05, 0) is 65.7 Å². The van der Waals surface area contributed by atoms with Gasteiger partial charge in [0.15, 0.2) is 5.82 Å². The molecule has 0 aliphatic carbocycles. The summed E-state index contributed by atoms with van der Waals surface area (Å²) in [6.07, 6.45) is -0.315. The molecule has 0 radical (unpaired) electrons. The highest BCUT2D eigenvalue weighted by Crippen LogP contribution is 2.35. The SMILES string of the molecule is COc1ccc(-n2nnnc2C)cc1CN(C)C(=O)N1CC[C@H](OC(=O)NCCO)C[C@@H]1c1ccc(F)cc1C. The fraction of sp³-hybridized carbons (Fsp3) is 0.444. The number of halogens is 1. The second kappa shape index (κ2) is 12.7. The van der Waals surface area contributed by atoms with E-state index in [9.17, 15) is 14.0 Å². The van der Waals surface area contributed by atoms with Crippen LogP contribution in [0.4, 0.5) is 14.0 Å². The number of nitrogens with one attached hydrogen (secondary N) is 1. The van der Waals surface area contributed by atoms with Crippen molar-refractivity contribution >= 4 is 12.1 Å². The number of aryl methyl sites for hydroxylation is 2. The van der Waals surface area contributed by atoms with Crippen molar-refractivity contribution in [1.82, 2.24) is 35.3 Å². The van der Waals surface area contributed by atoms with E-state index in [0.717, 1.165) is 16.8 Å². The smallest absolute Gasteiger partial charge is 0.407 e. The number of rotatable bonds is 8. The molecule has 2 aromatic carbocycles. The van der Waals surface area contributed by atoms with Crippen LogP contribution in [0, 0.1) is 19.7 Å². The number of benzene rings is 2. The van der Waals surface area contributed by atoms with Crippen LogP contribution >= 0.6 is 0 Å². The quantitative estimate of drug-likeness (QED) is 0.433. The van der Waals surface area contributed by atoms with E-state index in [1.807, 2.05) is 12.1 Å². The number of tetrazole rings is 1. The normalized spacial score (nSPS) is 16.9. The molecule has 1 aliphatic heterocycles. The lowest BCUT2D eigenvalue weighted by molar-refractivity contribution is 0.0290. The third-order valence-corrected chi connectivity index (χ3v) is 6.91. The first kappa shape index (κ1) is 28.7. The number of amides is 3. The Bertz CT molecular complexity index is 1350. The van der Waals surface area contributed by atoms with Crippen molar-refractivity contribution in [2.24, 2.45) is 0 Å². The van der Waals surface area contributed by atoms with Crippen molar-refractivity contribution in [3.63, 3.8) is 0 Å². The van der Waals surface area contributed by atoms with E-state index in [2.05, 4.69) is 20.8 Å². The van der Waals surface area contributed by atoms with Crippen LogP contribution in [-0.4, -0.2) is 87.2 Å². The summed E-state index contributed by atoms with van der Waals surface area (Å²) in [5, 5.41) is 23.1. The average molecular weight is 556 g/mol. The molecule has 4 rings (SSSR count). The van der Waals surface area contributed by atoms with Crippen molar-refractivity contribution < 1.29 is 28.6 Å². The number of urea groups is 1. The topological polar surface area (TPSA) is 135 Å². The number of likely N-dealkylation sites (tertiary alicyclic amines) is 1. The van der Waals surface area contributed by atoms with Gasteiger partial charge in [-0.15, -0.1) is 5.10 Å². The van der Waals surface area contributed by atoms with Gasteiger partial charge in [-0.2, -0.15) is 4.68 Å². The third-order valence-electron chi connectivity index (χ3n) is 6.91. The first-order valence-corrected chi connectivity index (χ1v) is 13.0. The summed E-state index contributed by atoms with van der Waals surface area (Å²) < 4.78 is 26.6. The predicted molar refractivity (Wildman–Crippen MR) is 142 cm³/mol. The molecule has 2 atom stereocenters. The number of alkyl carbamates (subject to hydrolysis) is 1. The Hall–Kier alpha value is -4.26. The number of nitrogens with zero attached hydrogens (tertiary/aromatic N) is 6. The summed E-state index contributed by atoms with van der Waals surface area (Å²) in [5.74, 6) is 0.863. The maximum atomic E-state index is 13.9. The molecule has 2 heterocycles. The van der Waals surface area contributed by atoms with Crippen molar-refractivity contribution in [2.45, 2.75) is 45.4 Å². The summed E-state index contributed by atoms with van der Waals surface area (Å²) in [6, 6.07) is 9.30. The van der Waals surface area contributed by atoms with Crippen LogP contribution in [0.2, 0.25) is 0 Å². The van der Waals surface area contributed by atoms with Gasteiger partial charge in [-0.25, -0.2) is 14.0 Å². The summed E-state index contributed by atoms with van der Waals surface area (Å²) in [5.41, 5.74) is 2.97. The van der Waals surface area contributed by atoms with Crippen molar-refractivity contribution in [2.75, 3.05) is 33.9 Å². The highest BCUT2D eigenvalue weighted by molar-refractivity contribution is 5.75. The standard InChI is InChI=1S/C27H34FN7O5/c1-17-13-20(28)5-7-23(17)24-15-22(40-26(37)29-10-12-36)9-11-34(24)27(38)33(3)16-19-14-21(6-8-25(19)39-4)35-18(2)30-31-32-35/h5-8,13-14,22,24,36H,9-12,15-16H2,1-4H3,(H,29,37)/t22-,24+/m0/s1. The summed E-state index contributed by atoms with van der Waals surface area (Å²) in [6.45, 7) is 4.03. The van der Waals surface area contributed by atoms with E-state index in [4.69, 9.17) is 14.6 Å². The number of aliphatic hydroxyl groups excluding tert-OH is 1. The van der Waals surface area contributed by atoms with Crippen LogP contribution in [0.5, 0.6) is 5.75 Å². The van der Waals surface area contributed by atoms with Gasteiger partial charge in [-0.1, -0.05) is 6.07 Å². The Morgan fingerprint density at radius 1 is 1.23 bits per heavy atom. The van der Waals surface area contributed by atoms with E-state index in [-0.39, 0.29) is 31.5 Å². The predicted octanol–water partition coefficient (Wildman–Crippen LogP) is 2.90. The summed E-state index contributed by atoms with van der Waals surface area (Å²) >= 11 is 0. The lowest BCUT2D eigenvalue weighted by Crippen LogP contribution is -2.49. The van der Waals surface area contributed by atoms with E-state index in [1.165, 1.54) is 12.1 Å². The minimum atomic E-state index is -0.629. The number of methoxy groups -OCH3 is 1. The average Bonchev–Trinajstić information content (AvgIpc) is 3.37. The Morgan fingerprint density at radius 3 is 2.70 bits per heavy atom. The lowest BCUT2D eigenvalue weighted by atomic mass is 9.90. The van der Waals surface area contributed by atoms with E-state index < -0.39 is 18.2 Å². The van der Waals surface area contributed by atoms with Crippen LogP contribution < -0.4 is 10.1 Å². The number of carbonyl (C=O) groups excluding carboxylic acids is 2. The molecular formula is C27H34FN7O5. The molecule has 214 valence electrons. The van der Waals surface area contributed by atoms with E-state index >= 15 is 0 Å². The molecule has 3 aromatic rings. The van der Waals surface area contributed by atoms with Gasteiger partial charge in [-0.3, -0.25) is 0 Å². The summed E-state index contributed by atoms with van der Waals surface area (Å²) in [7, 11) is 3.27. The molecule has 0 spiro atoms. The highest BCUT2D eigenvalue weighted by atomic mass is 19.1. The highest BCUT2D eigenvalue weighted by Gasteiger charge is 2.36. The van der Waals surface area contributed by atoms with E-state index in [0.29, 0.717) is 36.5 Å². The zero-order valence-corrected chi connectivity index (χ0v) is 23.0. The minimum Gasteiger partial charge on any atom is -0.496 e. The molecule has 0 bridgehead atoms. The van der Waals surface area contributed by atoms with Crippen molar-refractivity contribution in [3.8, 4) is 11.4 Å². The van der Waals surface area contributed by atoms with Gasteiger partial charge in [0, 0.05) is 38.5 Å². The molecule has 12 nitrogen and oxygen atoms in total. The zero-order valence-electron chi connectivity index (χ0n) is 23.0. The first-order valence-electron chi connectivity index (χ1n) is 13.0. The molecule has 0 saturated carbocycles. The van der Waals surface area contributed by atoms with Gasteiger partial charge in [0.1, 0.15) is 17.7 Å². The van der Waals surface area contributed by atoms with Crippen LogP contribution in [0.3, 0.4) is 0 Å². The molecule has 1 fully saturated rings. The van der Waals surface area contributed by atoms with Crippen LogP contribution in [0.15, 0.2) is 36.4 Å².